The average molecular weight is 489 g/mol. The molecule has 2 unspecified atom stereocenters. The maximum atomic E-state index is 13.5. The molecule has 2 amide bonds. The van der Waals surface area contributed by atoms with Crippen molar-refractivity contribution in [3.63, 3.8) is 0 Å². The van der Waals surface area contributed by atoms with E-state index in [9.17, 15) is 14.4 Å². The van der Waals surface area contributed by atoms with Gasteiger partial charge in [0.15, 0.2) is 0 Å². The molecular weight excluding hydrogens is 460 g/mol. The molecular formula is C24H29ClN4O5. The van der Waals surface area contributed by atoms with Crippen LogP contribution in [0.4, 0.5) is 4.79 Å². The van der Waals surface area contributed by atoms with Gasteiger partial charge >= 0.3 is 6.09 Å². The maximum absolute atomic E-state index is 13.5. The summed E-state index contributed by atoms with van der Waals surface area (Å²) in [6, 6.07) is 5.17. The first kappa shape index (κ1) is 24.1. The molecule has 2 aromatic heterocycles. The molecule has 1 fully saturated rings. The van der Waals surface area contributed by atoms with Gasteiger partial charge in [-0.2, -0.15) is 0 Å². The van der Waals surface area contributed by atoms with E-state index in [1.807, 2.05) is 12.1 Å². The number of rotatable bonds is 4. The molecule has 0 aliphatic heterocycles. The molecule has 10 heteroatoms. The Bertz CT molecular complexity index is 1310. The number of nitrogens with zero attached hydrogens (tertiary/aromatic N) is 2. The van der Waals surface area contributed by atoms with E-state index in [0.717, 1.165) is 19.3 Å². The van der Waals surface area contributed by atoms with Crippen molar-refractivity contribution in [1.82, 2.24) is 20.4 Å². The number of carbonyl (C=O) groups is 2. The Kier molecular flexibility index (Phi) is 6.58. The molecule has 1 saturated carbocycles. The molecule has 2 atom stereocenters. The summed E-state index contributed by atoms with van der Waals surface area (Å²) in [5.74, 6) is 0.145. The largest absolute Gasteiger partial charge is 0.444 e. The van der Waals surface area contributed by atoms with Crippen LogP contribution in [-0.2, 0) is 9.53 Å². The standard InChI is InChI=1S/C24H29ClN4O5/c1-13-19-21(28-34-13)20-16(25)9-6-10-17(20)29(22(19)31)15-8-5-7-14(11-15)27-18(30)12-26-23(32)33-24(2,3)4/h6,9-10,14-15H,5,7-8,11-12H2,1-4H3,(H,26,32)(H,27,30). The number of carbonyl (C=O) groups excluding carboxylic acids is 2. The number of hydrogen-bond acceptors (Lipinski definition) is 6. The van der Waals surface area contributed by atoms with Gasteiger partial charge < -0.3 is 24.5 Å². The number of pyridine rings is 1. The number of aryl methyl sites for hydroxylation is 1. The predicted molar refractivity (Wildman–Crippen MR) is 129 cm³/mol. The van der Waals surface area contributed by atoms with Crippen molar-refractivity contribution in [3.8, 4) is 0 Å². The number of halogens is 1. The summed E-state index contributed by atoms with van der Waals surface area (Å²) in [6.07, 6.45) is 2.35. The number of fused-ring (bicyclic) bond motifs is 3. The third-order valence-electron chi connectivity index (χ3n) is 5.95. The lowest BCUT2D eigenvalue weighted by atomic mass is 9.90. The minimum absolute atomic E-state index is 0.132. The van der Waals surface area contributed by atoms with E-state index in [0.29, 0.717) is 39.0 Å². The smallest absolute Gasteiger partial charge is 0.408 e. The van der Waals surface area contributed by atoms with Crippen LogP contribution in [0, 0.1) is 6.92 Å². The Morgan fingerprint density at radius 1 is 1.26 bits per heavy atom. The highest BCUT2D eigenvalue weighted by molar-refractivity contribution is 6.37. The number of aromatic nitrogens is 2. The highest BCUT2D eigenvalue weighted by Crippen LogP contribution is 2.35. The maximum Gasteiger partial charge on any atom is 0.408 e. The van der Waals surface area contributed by atoms with Crippen molar-refractivity contribution < 1.29 is 18.8 Å². The van der Waals surface area contributed by atoms with Gasteiger partial charge in [0.05, 0.1) is 10.5 Å². The molecule has 9 nitrogen and oxygen atoms in total. The van der Waals surface area contributed by atoms with Crippen molar-refractivity contribution in [2.45, 2.75) is 71.1 Å². The topological polar surface area (TPSA) is 115 Å². The molecule has 182 valence electrons. The molecule has 34 heavy (non-hydrogen) atoms. The fraction of sp³-hybridized carbons (Fsp3) is 0.500. The molecule has 3 aromatic rings. The number of ether oxygens (including phenoxy) is 1. The Hall–Kier alpha value is -3.07. The first-order valence-electron chi connectivity index (χ1n) is 11.4. The van der Waals surface area contributed by atoms with Gasteiger partial charge in [0.1, 0.15) is 28.8 Å². The summed E-state index contributed by atoms with van der Waals surface area (Å²) < 4.78 is 12.3. The van der Waals surface area contributed by atoms with Gasteiger partial charge in [0, 0.05) is 17.5 Å². The first-order chi connectivity index (χ1) is 16.0. The van der Waals surface area contributed by atoms with Crippen molar-refractivity contribution in [1.29, 1.82) is 0 Å². The van der Waals surface area contributed by atoms with E-state index in [-0.39, 0.29) is 30.1 Å². The van der Waals surface area contributed by atoms with Gasteiger partial charge in [-0.15, -0.1) is 0 Å². The monoisotopic (exact) mass is 488 g/mol. The van der Waals surface area contributed by atoms with Crippen LogP contribution in [0.3, 0.4) is 0 Å². The van der Waals surface area contributed by atoms with Crippen LogP contribution in [0.25, 0.3) is 21.8 Å². The second-order valence-corrected chi connectivity index (χ2v) is 10.1. The zero-order valence-electron chi connectivity index (χ0n) is 19.7. The van der Waals surface area contributed by atoms with E-state index in [1.165, 1.54) is 0 Å². The SMILES string of the molecule is Cc1onc2c1c(=O)n(C1CCCC(NC(=O)CNC(=O)OC(C)(C)C)C1)c1cccc(Cl)c21. The number of hydrogen-bond donors (Lipinski definition) is 2. The number of alkyl carbamates (subject to hydrolysis) is 1. The van der Waals surface area contributed by atoms with Gasteiger partial charge in [-0.3, -0.25) is 9.59 Å². The van der Waals surface area contributed by atoms with Crippen LogP contribution in [0.2, 0.25) is 5.02 Å². The Labute approximate surface area is 201 Å². The van der Waals surface area contributed by atoms with Crippen molar-refractivity contribution in [2.75, 3.05) is 6.54 Å². The molecule has 0 radical (unpaired) electrons. The lowest BCUT2D eigenvalue weighted by Crippen LogP contribution is -2.45. The quantitative estimate of drug-likeness (QED) is 0.567. The summed E-state index contributed by atoms with van der Waals surface area (Å²) in [7, 11) is 0. The van der Waals surface area contributed by atoms with Gasteiger partial charge in [0.25, 0.3) is 5.56 Å². The molecule has 0 bridgehead atoms. The average Bonchev–Trinajstić information content (AvgIpc) is 3.13. The number of nitrogens with one attached hydrogen (secondary N) is 2. The Morgan fingerprint density at radius 2 is 2.03 bits per heavy atom. The lowest BCUT2D eigenvalue weighted by molar-refractivity contribution is -0.121. The third kappa shape index (κ3) is 4.89. The fourth-order valence-electron chi connectivity index (χ4n) is 4.61. The van der Waals surface area contributed by atoms with Crippen LogP contribution in [-0.4, -0.2) is 39.9 Å². The van der Waals surface area contributed by atoms with Crippen LogP contribution in [0.1, 0.15) is 58.3 Å². The van der Waals surface area contributed by atoms with Crippen LogP contribution >= 0.6 is 11.6 Å². The molecule has 1 aliphatic carbocycles. The molecule has 1 aliphatic rings. The van der Waals surface area contributed by atoms with E-state index in [4.69, 9.17) is 20.9 Å². The molecule has 0 saturated heterocycles. The Morgan fingerprint density at radius 3 is 2.76 bits per heavy atom. The first-order valence-corrected chi connectivity index (χ1v) is 11.8. The van der Waals surface area contributed by atoms with E-state index >= 15 is 0 Å². The van der Waals surface area contributed by atoms with E-state index < -0.39 is 11.7 Å². The molecule has 2 N–H and O–H groups in total. The van der Waals surface area contributed by atoms with Gasteiger partial charge in [0.2, 0.25) is 5.91 Å². The van der Waals surface area contributed by atoms with Gasteiger partial charge in [-0.25, -0.2) is 4.79 Å². The molecule has 0 spiro atoms. The summed E-state index contributed by atoms with van der Waals surface area (Å²) in [5, 5.41) is 11.1. The van der Waals surface area contributed by atoms with Crippen LogP contribution in [0.15, 0.2) is 27.5 Å². The summed E-state index contributed by atoms with van der Waals surface area (Å²) in [4.78, 5) is 37.8. The predicted octanol–water partition coefficient (Wildman–Crippen LogP) is 4.23. The second kappa shape index (κ2) is 9.29. The van der Waals surface area contributed by atoms with Gasteiger partial charge in [-0.05, 0) is 65.5 Å². The minimum atomic E-state index is -0.642. The normalized spacial score (nSPS) is 18.7. The highest BCUT2D eigenvalue weighted by atomic mass is 35.5. The van der Waals surface area contributed by atoms with Crippen molar-refractivity contribution in [2.24, 2.45) is 0 Å². The van der Waals surface area contributed by atoms with E-state index in [1.54, 1.807) is 38.3 Å². The third-order valence-corrected chi connectivity index (χ3v) is 6.27. The van der Waals surface area contributed by atoms with Crippen LogP contribution < -0.4 is 16.2 Å². The Balaban J connectivity index is 1.55. The summed E-state index contributed by atoms with van der Waals surface area (Å²) >= 11 is 6.51. The second-order valence-electron chi connectivity index (χ2n) is 9.71. The number of benzene rings is 1. The molecule has 4 rings (SSSR count). The highest BCUT2D eigenvalue weighted by Gasteiger charge is 2.29. The molecule has 2 heterocycles. The zero-order valence-corrected chi connectivity index (χ0v) is 20.5. The zero-order chi connectivity index (χ0) is 24.6. The number of amides is 2. The van der Waals surface area contributed by atoms with Gasteiger partial charge in [-0.1, -0.05) is 22.8 Å². The van der Waals surface area contributed by atoms with Crippen molar-refractivity contribution >= 4 is 45.4 Å². The van der Waals surface area contributed by atoms with Crippen molar-refractivity contribution in [3.05, 3.63) is 39.3 Å². The summed E-state index contributed by atoms with van der Waals surface area (Å²) in [6.45, 7) is 6.80. The lowest BCUT2D eigenvalue weighted by Gasteiger charge is -2.32. The fourth-order valence-corrected chi connectivity index (χ4v) is 4.87. The summed E-state index contributed by atoms with van der Waals surface area (Å²) in [5.41, 5.74) is 0.349. The van der Waals surface area contributed by atoms with E-state index in [2.05, 4.69) is 15.8 Å². The van der Waals surface area contributed by atoms with Crippen LogP contribution in [0.5, 0.6) is 0 Å². The minimum Gasteiger partial charge on any atom is -0.444 e. The molecule has 1 aromatic carbocycles.